The SMILES string of the molecule is COC1CCN(S(=O)(=O)N2CCN(C(=O)c3ccc(F)cc3)CC2)CC1. The maximum Gasteiger partial charge on any atom is 0.282 e. The van der Waals surface area contributed by atoms with Gasteiger partial charge in [-0.25, -0.2) is 4.39 Å². The number of rotatable bonds is 4. The lowest BCUT2D eigenvalue weighted by atomic mass is 10.1. The van der Waals surface area contributed by atoms with Crippen LogP contribution in [-0.2, 0) is 14.9 Å². The summed E-state index contributed by atoms with van der Waals surface area (Å²) in [6, 6.07) is 5.39. The smallest absolute Gasteiger partial charge is 0.282 e. The number of methoxy groups -OCH3 is 1. The summed E-state index contributed by atoms with van der Waals surface area (Å²) in [6.45, 7) is 2.08. The lowest BCUT2D eigenvalue weighted by Gasteiger charge is -2.38. The molecular formula is C17H24FN3O4S. The normalized spacial score (nSPS) is 21.1. The highest BCUT2D eigenvalue weighted by Gasteiger charge is 2.35. The number of piperazine rings is 1. The van der Waals surface area contributed by atoms with Crippen molar-refractivity contribution < 1.29 is 22.3 Å². The van der Waals surface area contributed by atoms with Gasteiger partial charge in [0.1, 0.15) is 5.82 Å². The van der Waals surface area contributed by atoms with Crippen molar-refractivity contribution >= 4 is 16.1 Å². The van der Waals surface area contributed by atoms with E-state index in [9.17, 15) is 17.6 Å². The Bertz CT molecular complexity index is 725. The quantitative estimate of drug-likeness (QED) is 0.774. The lowest BCUT2D eigenvalue weighted by Crippen LogP contribution is -2.55. The van der Waals surface area contributed by atoms with Gasteiger partial charge in [0.2, 0.25) is 0 Å². The zero-order valence-corrected chi connectivity index (χ0v) is 15.6. The van der Waals surface area contributed by atoms with Crippen LogP contribution >= 0.6 is 0 Å². The number of nitrogens with zero attached hydrogens (tertiary/aromatic N) is 3. The Kier molecular flexibility index (Phi) is 5.91. The number of amides is 1. The van der Waals surface area contributed by atoms with E-state index in [2.05, 4.69) is 0 Å². The minimum atomic E-state index is -3.51. The number of piperidine rings is 1. The first-order chi connectivity index (χ1) is 12.4. The third kappa shape index (κ3) is 4.06. The molecule has 1 aromatic carbocycles. The van der Waals surface area contributed by atoms with Crippen LogP contribution in [0.1, 0.15) is 23.2 Å². The van der Waals surface area contributed by atoms with Gasteiger partial charge in [-0.3, -0.25) is 4.79 Å². The zero-order chi connectivity index (χ0) is 18.7. The van der Waals surface area contributed by atoms with Crippen molar-refractivity contribution in [2.75, 3.05) is 46.4 Å². The van der Waals surface area contributed by atoms with E-state index in [1.54, 1.807) is 12.0 Å². The zero-order valence-electron chi connectivity index (χ0n) is 14.8. The number of halogens is 1. The van der Waals surface area contributed by atoms with E-state index in [0.29, 0.717) is 44.6 Å². The monoisotopic (exact) mass is 385 g/mol. The number of hydrogen-bond donors (Lipinski definition) is 0. The maximum absolute atomic E-state index is 13.0. The fourth-order valence-electron chi connectivity index (χ4n) is 3.36. The molecule has 0 bridgehead atoms. The molecule has 144 valence electrons. The summed E-state index contributed by atoms with van der Waals surface area (Å²) in [5, 5.41) is 0. The fraction of sp³-hybridized carbons (Fsp3) is 0.588. The Hall–Kier alpha value is -1.55. The molecule has 0 unspecified atom stereocenters. The van der Waals surface area contributed by atoms with E-state index in [0.717, 1.165) is 0 Å². The van der Waals surface area contributed by atoms with Crippen LogP contribution in [0.4, 0.5) is 4.39 Å². The van der Waals surface area contributed by atoms with Gasteiger partial charge in [0.25, 0.3) is 16.1 Å². The molecule has 0 N–H and O–H groups in total. The highest BCUT2D eigenvalue weighted by Crippen LogP contribution is 2.20. The van der Waals surface area contributed by atoms with Crippen LogP contribution in [0, 0.1) is 5.82 Å². The molecule has 0 aromatic heterocycles. The Morgan fingerprint density at radius 3 is 2.08 bits per heavy atom. The number of carbonyl (C=O) groups excluding carboxylic acids is 1. The largest absolute Gasteiger partial charge is 0.381 e. The molecule has 2 saturated heterocycles. The van der Waals surface area contributed by atoms with Gasteiger partial charge in [-0.2, -0.15) is 17.0 Å². The van der Waals surface area contributed by atoms with Crippen molar-refractivity contribution in [3.8, 4) is 0 Å². The second-order valence-electron chi connectivity index (χ2n) is 6.54. The molecule has 3 rings (SSSR count). The van der Waals surface area contributed by atoms with E-state index in [1.807, 2.05) is 0 Å². The van der Waals surface area contributed by atoms with Crippen molar-refractivity contribution in [2.45, 2.75) is 18.9 Å². The Labute approximate surface area is 153 Å². The molecule has 2 aliphatic rings. The molecule has 0 atom stereocenters. The van der Waals surface area contributed by atoms with Crippen molar-refractivity contribution in [3.05, 3.63) is 35.6 Å². The number of benzene rings is 1. The van der Waals surface area contributed by atoms with E-state index >= 15 is 0 Å². The van der Waals surface area contributed by atoms with E-state index < -0.39 is 16.0 Å². The average Bonchev–Trinajstić information content (AvgIpc) is 2.68. The van der Waals surface area contributed by atoms with Gasteiger partial charge in [-0.05, 0) is 37.1 Å². The molecule has 0 radical (unpaired) electrons. The summed E-state index contributed by atoms with van der Waals surface area (Å²) >= 11 is 0. The van der Waals surface area contributed by atoms with Gasteiger partial charge in [0, 0.05) is 51.9 Å². The van der Waals surface area contributed by atoms with Crippen LogP contribution in [0.15, 0.2) is 24.3 Å². The molecule has 1 amide bonds. The lowest BCUT2D eigenvalue weighted by molar-refractivity contribution is 0.0572. The average molecular weight is 385 g/mol. The standard InChI is InChI=1S/C17H24FN3O4S/c1-25-16-6-8-20(9-7-16)26(23,24)21-12-10-19(11-13-21)17(22)14-2-4-15(18)5-3-14/h2-5,16H,6-13H2,1H3. The first-order valence-corrected chi connectivity index (χ1v) is 10.1. The number of hydrogen-bond acceptors (Lipinski definition) is 4. The molecule has 26 heavy (non-hydrogen) atoms. The van der Waals surface area contributed by atoms with E-state index in [-0.39, 0.29) is 25.1 Å². The van der Waals surface area contributed by atoms with Crippen LogP contribution in [0.3, 0.4) is 0 Å². The molecule has 1 aromatic rings. The van der Waals surface area contributed by atoms with Gasteiger partial charge >= 0.3 is 0 Å². The summed E-state index contributed by atoms with van der Waals surface area (Å²) in [5.41, 5.74) is 0.407. The molecule has 9 heteroatoms. The van der Waals surface area contributed by atoms with Crippen molar-refractivity contribution in [1.82, 2.24) is 13.5 Å². The summed E-state index contributed by atoms with van der Waals surface area (Å²) in [6.07, 6.45) is 1.50. The van der Waals surface area contributed by atoms with Crippen molar-refractivity contribution in [2.24, 2.45) is 0 Å². The van der Waals surface area contributed by atoms with Crippen LogP contribution < -0.4 is 0 Å². The molecule has 2 aliphatic heterocycles. The molecule has 0 aliphatic carbocycles. The van der Waals surface area contributed by atoms with Crippen molar-refractivity contribution in [3.63, 3.8) is 0 Å². The highest BCUT2D eigenvalue weighted by atomic mass is 32.2. The van der Waals surface area contributed by atoms with Gasteiger partial charge in [0.05, 0.1) is 6.10 Å². The topological polar surface area (TPSA) is 70.2 Å². The van der Waals surface area contributed by atoms with E-state index in [1.165, 1.54) is 32.9 Å². The fourth-order valence-corrected chi connectivity index (χ4v) is 4.98. The Balaban J connectivity index is 1.57. The third-order valence-corrected chi connectivity index (χ3v) is 7.04. The summed E-state index contributed by atoms with van der Waals surface area (Å²) in [4.78, 5) is 14.1. The van der Waals surface area contributed by atoms with Crippen LogP contribution in [0.5, 0.6) is 0 Å². The molecule has 0 saturated carbocycles. The summed E-state index contributed by atoms with van der Waals surface area (Å²) in [5.74, 6) is -0.599. The summed E-state index contributed by atoms with van der Waals surface area (Å²) in [7, 11) is -1.87. The van der Waals surface area contributed by atoms with Gasteiger partial charge in [-0.1, -0.05) is 0 Å². The highest BCUT2D eigenvalue weighted by molar-refractivity contribution is 7.86. The Morgan fingerprint density at radius 1 is 1.00 bits per heavy atom. The first kappa shape index (κ1) is 19.2. The first-order valence-electron chi connectivity index (χ1n) is 8.74. The number of carbonyl (C=O) groups is 1. The maximum atomic E-state index is 13.0. The summed E-state index contributed by atoms with van der Waals surface area (Å²) < 4.78 is 46.8. The van der Waals surface area contributed by atoms with Crippen LogP contribution in [-0.4, -0.2) is 80.3 Å². The molecule has 0 spiro atoms. The molecule has 2 heterocycles. The second-order valence-corrected chi connectivity index (χ2v) is 8.47. The van der Waals surface area contributed by atoms with E-state index in [4.69, 9.17) is 4.74 Å². The predicted octanol–water partition coefficient (Wildman–Crippen LogP) is 0.939. The van der Waals surface area contributed by atoms with Gasteiger partial charge in [0.15, 0.2) is 0 Å². The minimum absolute atomic E-state index is 0.117. The van der Waals surface area contributed by atoms with Crippen LogP contribution in [0.2, 0.25) is 0 Å². The molecular weight excluding hydrogens is 361 g/mol. The third-order valence-electron chi connectivity index (χ3n) is 5.00. The molecule has 2 fully saturated rings. The minimum Gasteiger partial charge on any atom is -0.381 e. The second kappa shape index (κ2) is 7.99. The predicted molar refractivity (Wildman–Crippen MR) is 94.4 cm³/mol. The Morgan fingerprint density at radius 2 is 1.54 bits per heavy atom. The van der Waals surface area contributed by atoms with Gasteiger partial charge in [-0.15, -0.1) is 0 Å². The van der Waals surface area contributed by atoms with Crippen LogP contribution in [0.25, 0.3) is 0 Å². The molecule has 7 nitrogen and oxygen atoms in total. The van der Waals surface area contributed by atoms with Crippen molar-refractivity contribution in [1.29, 1.82) is 0 Å². The number of ether oxygens (including phenoxy) is 1. The van der Waals surface area contributed by atoms with Gasteiger partial charge < -0.3 is 9.64 Å².